The van der Waals surface area contributed by atoms with Crippen LogP contribution in [0.2, 0.25) is 0 Å². The predicted octanol–water partition coefficient (Wildman–Crippen LogP) is 2.23. The highest BCUT2D eigenvalue weighted by Crippen LogP contribution is 2.22. The first-order valence-corrected chi connectivity index (χ1v) is 9.34. The number of nitrogens with zero attached hydrogens (tertiary/aromatic N) is 5. The molecule has 0 aliphatic carbocycles. The van der Waals surface area contributed by atoms with Crippen molar-refractivity contribution < 1.29 is 9.53 Å². The normalized spacial score (nSPS) is 14.8. The summed E-state index contributed by atoms with van der Waals surface area (Å²) >= 11 is 0. The number of piperazine rings is 1. The molecule has 7 nitrogen and oxygen atoms in total. The summed E-state index contributed by atoms with van der Waals surface area (Å²) in [6, 6.07) is 13.6. The zero-order valence-electron chi connectivity index (χ0n) is 15.9. The molecular weight excluding hydrogens is 354 g/mol. The molecule has 28 heavy (non-hydrogen) atoms. The summed E-state index contributed by atoms with van der Waals surface area (Å²) in [5, 5.41) is 4.35. The van der Waals surface area contributed by atoms with E-state index >= 15 is 0 Å². The lowest BCUT2D eigenvalue weighted by Gasteiger charge is -2.34. The summed E-state index contributed by atoms with van der Waals surface area (Å²) < 4.78 is 7.06. The Bertz CT molecular complexity index is 933. The van der Waals surface area contributed by atoms with Gasteiger partial charge in [0.2, 0.25) is 0 Å². The van der Waals surface area contributed by atoms with Crippen LogP contribution in [0.4, 0.5) is 0 Å². The number of benzene rings is 1. The van der Waals surface area contributed by atoms with Gasteiger partial charge in [0, 0.05) is 45.1 Å². The Labute approximate surface area is 164 Å². The molecule has 0 spiro atoms. The van der Waals surface area contributed by atoms with Crippen LogP contribution in [0.3, 0.4) is 0 Å². The van der Waals surface area contributed by atoms with Gasteiger partial charge in [-0.2, -0.15) is 5.10 Å². The molecule has 1 fully saturated rings. The number of ether oxygens (including phenoxy) is 1. The largest absolute Gasteiger partial charge is 0.494 e. The first-order valence-electron chi connectivity index (χ1n) is 9.34. The molecule has 144 valence electrons. The van der Waals surface area contributed by atoms with E-state index in [-0.39, 0.29) is 5.91 Å². The summed E-state index contributed by atoms with van der Waals surface area (Å²) in [6.45, 7) is 3.89. The molecule has 0 atom stereocenters. The highest BCUT2D eigenvalue weighted by Gasteiger charge is 2.23. The molecule has 1 aliphatic rings. The molecule has 4 rings (SSSR count). The van der Waals surface area contributed by atoms with Gasteiger partial charge in [-0.1, -0.05) is 18.2 Å². The van der Waals surface area contributed by atoms with Gasteiger partial charge < -0.3 is 9.64 Å². The smallest absolute Gasteiger partial charge is 0.257 e. The van der Waals surface area contributed by atoms with Gasteiger partial charge in [0.15, 0.2) is 0 Å². The monoisotopic (exact) mass is 377 g/mol. The molecule has 0 radical (unpaired) electrons. The Kier molecular flexibility index (Phi) is 5.34. The quantitative estimate of drug-likeness (QED) is 0.682. The minimum Gasteiger partial charge on any atom is -0.494 e. The third-order valence-electron chi connectivity index (χ3n) is 4.93. The van der Waals surface area contributed by atoms with Gasteiger partial charge in [-0.05, 0) is 24.3 Å². The van der Waals surface area contributed by atoms with E-state index in [4.69, 9.17) is 4.74 Å². The van der Waals surface area contributed by atoms with Crippen LogP contribution in [0.1, 0.15) is 16.1 Å². The van der Waals surface area contributed by atoms with Gasteiger partial charge in [0.1, 0.15) is 11.4 Å². The molecule has 7 heteroatoms. The SMILES string of the molecule is COc1ccccc1-n1cc(C(=O)N2CCN(Cc3ccccn3)CC2)cn1. The van der Waals surface area contributed by atoms with Gasteiger partial charge in [-0.15, -0.1) is 0 Å². The first kappa shape index (κ1) is 18.2. The van der Waals surface area contributed by atoms with E-state index in [9.17, 15) is 4.79 Å². The molecule has 1 aliphatic heterocycles. The number of para-hydroxylation sites is 2. The van der Waals surface area contributed by atoms with Gasteiger partial charge in [-0.3, -0.25) is 14.7 Å². The highest BCUT2D eigenvalue weighted by atomic mass is 16.5. The third-order valence-corrected chi connectivity index (χ3v) is 4.93. The second-order valence-electron chi connectivity index (χ2n) is 6.73. The zero-order valence-corrected chi connectivity index (χ0v) is 15.9. The lowest BCUT2D eigenvalue weighted by atomic mass is 10.2. The summed E-state index contributed by atoms with van der Waals surface area (Å²) in [7, 11) is 1.62. The lowest BCUT2D eigenvalue weighted by Crippen LogP contribution is -2.48. The molecule has 1 amide bonds. The van der Waals surface area contributed by atoms with E-state index in [0.29, 0.717) is 24.4 Å². The van der Waals surface area contributed by atoms with Crippen molar-refractivity contribution in [1.29, 1.82) is 0 Å². The van der Waals surface area contributed by atoms with Crippen LogP contribution in [-0.2, 0) is 6.54 Å². The maximum absolute atomic E-state index is 12.9. The molecule has 3 heterocycles. The average Bonchev–Trinajstić information content (AvgIpc) is 3.24. The first-order chi connectivity index (χ1) is 13.7. The number of hydrogen-bond donors (Lipinski definition) is 0. The van der Waals surface area contributed by atoms with Crippen molar-refractivity contribution >= 4 is 5.91 Å². The number of carbonyl (C=O) groups is 1. The van der Waals surface area contributed by atoms with Gasteiger partial charge in [0.25, 0.3) is 5.91 Å². The highest BCUT2D eigenvalue weighted by molar-refractivity contribution is 5.94. The van der Waals surface area contributed by atoms with E-state index in [1.807, 2.05) is 53.6 Å². The number of aromatic nitrogens is 3. The maximum Gasteiger partial charge on any atom is 0.257 e. The Hall–Kier alpha value is -3.19. The Morgan fingerprint density at radius 2 is 1.86 bits per heavy atom. The average molecular weight is 377 g/mol. The van der Waals surface area contributed by atoms with Crippen molar-refractivity contribution in [2.75, 3.05) is 33.3 Å². The lowest BCUT2D eigenvalue weighted by molar-refractivity contribution is 0.0627. The van der Waals surface area contributed by atoms with Crippen LogP contribution in [0.15, 0.2) is 61.1 Å². The van der Waals surface area contributed by atoms with Gasteiger partial charge in [-0.25, -0.2) is 4.68 Å². The van der Waals surface area contributed by atoms with Gasteiger partial charge in [0.05, 0.1) is 24.6 Å². The third kappa shape index (κ3) is 3.89. The maximum atomic E-state index is 12.9. The molecule has 1 saturated heterocycles. The zero-order chi connectivity index (χ0) is 19.3. The number of hydrogen-bond acceptors (Lipinski definition) is 5. The second kappa shape index (κ2) is 8.22. The summed E-state index contributed by atoms with van der Waals surface area (Å²) in [6.07, 6.45) is 5.20. The molecule has 0 N–H and O–H groups in total. The van der Waals surface area contributed by atoms with Crippen molar-refractivity contribution in [3.63, 3.8) is 0 Å². The van der Waals surface area contributed by atoms with E-state index < -0.39 is 0 Å². The predicted molar refractivity (Wildman–Crippen MR) is 106 cm³/mol. The summed E-state index contributed by atoms with van der Waals surface area (Å²) in [5.74, 6) is 0.728. The number of pyridine rings is 1. The number of rotatable bonds is 5. The minimum absolute atomic E-state index is 0.0126. The van der Waals surface area contributed by atoms with Crippen molar-refractivity contribution in [3.05, 3.63) is 72.3 Å². The molecule has 0 saturated carbocycles. The van der Waals surface area contributed by atoms with Crippen molar-refractivity contribution in [2.45, 2.75) is 6.54 Å². The van der Waals surface area contributed by atoms with Crippen LogP contribution in [0.25, 0.3) is 5.69 Å². The van der Waals surface area contributed by atoms with Crippen molar-refractivity contribution in [2.24, 2.45) is 0 Å². The molecule has 0 unspecified atom stereocenters. The fraction of sp³-hybridized carbons (Fsp3) is 0.286. The minimum atomic E-state index is 0.0126. The van der Waals surface area contributed by atoms with Crippen molar-refractivity contribution in [3.8, 4) is 11.4 Å². The second-order valence-corrected chi connectivity index (χ2v) is 6.73. The fourth-order valence-electron chi connectivity index (χ4n) is 3.40. The molecule has 3 aromatic rings. The molecular formula is C21H23N5O2. The Morgan fingerprint density at radius 3 is 2.61 bits per heavy atom. The van der Waals surface area contributed by atoms with E-state index in [2.05, 4.69) is 15.0 Å². The molecule has 0 bridgehead atoms. The Balaban J connectivity index is 1.39. The number of amides is 1. The summed E-state index contributed by atoms with van der Waals surface area (Å²) in [5.41, 5.74) is 2.45. The summed E-state index contributed by atoms with van der Waals surface area (Å²) in [4.78, 5) is 21.5. The van der Waals surface area contributed by atoms with E-state index in [1.165, 1.54) is 0 Å². The Morgan fingerprint density at radius 1 is 1.07 bits per heavy atom. The number of carbonyl (C=O) groups excluding carboxylic acids is 1. The van der Waals surface area contributed by atoms with Crippen molar-refractivity contribution in [1.82, 2.24) is 24.6 Å². The molecule has 1 aromatic carbocycles. The topological polar surface area (TPSA) is 63.5 Å². The standard InChI is InChI=1S/C21H23N5O2/c1-28-20-8-3-2-7-19(20)26-15-17(14-23-26)21(27)25-12-10-24(11-13-25)16-18-6-4-5-9-22-18/h2-9,14-15H,10-13,16H2,1H3. The van der Waals surface area contributed by atoms with Crippen LogP contribution in [0, 0.1) is 0 Å². The van der Waals surface area contributed by atoms with Crippen LogP contribution < -0.4 is 4.74 Å². The van der Waals surface area contributed by atoms with Crippen LogP contribution >= 0.6 is 0 Å². The van der Waals surface area contributed by atoms with Crippen LogP contribution in [0.5, 0.6) is 5.75 Å². The van der Waals surface area contributed by atoms with E-state index in [1.54, 1.807) is 24.2 Å². The fourth-order valence-corrected chi connectivity index (χ4v) is 3.40. The van der Waals surface area contributed by atoms with Gasteiger partial charge >= 0.3 is 0 Å². The molecule has 2 aromatic heterocycles. The van der Waals surface area contributed by atoms with Crippen LogP contribution in [-0.4, -0.2) is 63.8 Å². The van der Waals surface area contributed by atoms with E-state index in [0.717, 1.165) is 31.0 Å². The number of methoxy groups -OCH3 is 1.